The maximum Gasteiger partial charge on any atom is 0.326 e. The van der Waals surface area contributed by atoms with Gasteiger partial charge in [0.25, 0.3) is 0 Å². The lowest BCUT2D eigenvalue weighted by Crippen LogP contribution is -2.49. The summed E-state index contributed by atoms with van der Waals surface area (Å²) in [4.78, 5) is 27.1. The lowest BCUT2D eigenvalue weighted by atomic mass is 10.0. The van der Waals surface area contributed by atoms with E-state index in [1.54, 1.807) is 12.1 Å². The van der Waals surface area contributed by atoms with Crippen LogP contribution in [0.3, 0.4) is 0 Å². The molecule has 3 rings (SSSR count). The lowest BCUT2D eigenvalue weighted by Gasteiger charge is -2.18. The van der Waals surface area contributed by atoms with Crippen LogP contribution in [-0.4, -0.2) is 34.1 Å². The zero-order valence-electron chi connectivity index (χ0n) is 15.9. The number of aromatic amines is 1. The van der Waals surface area contributed by atoms with E-state index >= 15 is 0 Å². The summed E-state index contributed by atoms with van der Waals surface area (Å²) >= 11 is 0. The number of carbonyl (C=O) groups excluding carboxylic acids is 1. The van der Waals surface area contributed by atoms with Gasteiger partial charge in [-0.05, 0) is 55.0 Å². The average Bonchev–Trinajstić information content (AvgIpc) is 3.10. The molecule has 2 aromatic carbocycles. The molecule has 1 heterocycles. The van der Waals surface area contributed by atoms with E-state index in [0.717, 1.165) is 22.0 Å². The van der Waals surface area contributed by atoms with Gasteiger partial charge in [-0.25, -0.2) is 9.18 Å². The molecule has 0 aliphatic heterocycles. The summed E-state index contributed by atoms with van der Waals surface area (Å²) in [5, 5.41) is 12.9. The van der Waals surface area contributed by atoms with E-state index in [-0.39, 0.29) is 12.2 Å². The number of hydrogen-bond acceptors (Lipinski definition) is 3. The first kappa shape index (κ1) is 20.5. The molecule has 152 valence electrons. The molecule has 3 aromatic rings. The first-order chi connectivity index (χ1) is 13.9. The number of carboxylic acid groups (broad SMARTS) is 1. The Hall–Kier alpha value is -3.19. The summed E-state index contributed by atoms with van der Waals surface area (Å²) in [6.45, 7) is 0. The average molecular weight is 397 g/mol. The molecular weight excluding hydrogens is 373 g/mol. The normalized spacial score (nSPS) is 13.2. The highest BCUT2D eigenvalue weighted by Gasteiger charge is 2.23. The first-order valence-corrected chi connectivity index (χ1v) is 9.52. The Labute approximate surface area is 167 Å². The van der Waals surface area contributed by atoms with Crippen LogP contribution in [0.25, 0.3) is 10.9 Å². The second kappa shape index (κ2) is 9.34. The number of carboxylic acids is 1. The van der Waals surface area contributed by atoms with E-state index in [9.17, 15) is 19.1 Å². The van der Waals surface area contributed by atoms with Crippen molar-refractivity contribution in [3.05, 3.63) is 71.7 Å². The largest absolute Gasteiger partial charge is 0.480 e. The minimum absolute atomic E-state index is 0.234. The Balaban J connectivity index is 1.55. The summed E-state index contributed by atoms with van der Waals surface area (Å²) in [5.41, 5.74) is 8.67. The predicted molar refractivity (Wildman–Crippen MR) is 109 cm³/mol. The summed E-state index contributed by atoms with van der Waals surface area (Å²) in [7, 11) is 0. The van der Waals surface area contributed by atoms with E-state index in [2.05, 4.69) is 10.3 Å². The SMILES string of the molecule is N[C@@H](Cc1c[nH]c2ccccc12)C(=O)NC(CCCc1cccc(F)c1)C(=O)O. The molecule has 0 saturated carbocycles. The third-order valence-corrected chi connectivity index (χ3v) is 4.91. The number of fused-ring (bicyclic) bond motifs is 1. The summed E-state index contributed by atoms with van der Waals surface area (Å²) in [5.74, 6) is -1.95. The molecule has 5 N–H and O–H groups in total. The van der Waals surface area contributed by atoms with Gasteiger partial charge in [-0.2, -0.15) is 0 Å². The first-order valence-electron chi connectivity index (χ1n) is 9.52. The van der Waals surface area contributed by atoms with E-state index < -0.39 is 24.0 Å². The molecule has 1 amide bonds. The minimum Gasteiger partial charge on any atom is -0.480 e. The third kappa shape index (κ3) is 5.42. The van der Waals surface area contributed by atoms with Gasteiger partial charge < -0.3 is 21.1 Å². The van der Waals surface area contributed by atoms with Crippen LogP contribution in [0.2, 0.25) is 0 Å². The van der Waals surface area contributed by atoms with Crippen molar-refractivity contribution in [2.45, 2.75) is 37.8 Å². The molecule has 0 spiro atoms. The Kier molecular flexibility index (Phi) is 6.61. The molecule has 1 aromatic heterocycles. The Bertz CT molecular complexity index is 1000. The maximum absolute atomic E-state index is 13.2. The fourth-order valence-corrected chi connectivity index (χ4v) is 3.37. The number of aryl methyl sites for hydroxylation is 1. The van der Waals surface area contributed by atoms with E-state index in [1.807, 2.05) is 30.5 Å². The molecule has 7 heteroatoms. The van der Waals surface area contributed by atoms with Crippen LogP contribution < -0.4 is 11.1 Å². The van der Waals surface area contributed by atoms with Gasteiger partial charge >= 0.3 is 5.97 Å². The standard InChI is InChI=1S/C22H24FN3O3/c23-16-7-3-5-14(11-16)6-4-10-20(22(28)29)26-21(27)18(24)12-15-13-25-19-9-2-1-8-17(15)19/h1-3,5,7-9,11,13,18,20,25H,4,6,10,12,24H2,(H,26,27)(H,28,29)/t18-,20?/m0/s1. The monoisotopic (exact) mass is 397 g/mol. The molecule has 0 aliphatic carbocycles. The van der Waals surface area contributed by atoms with Gasteiger partial charge in [0, 0.05) is 17.1 Å². The second-order valence-corrected chi connectivity index (χ2v) is 7.09. The van der Waals surface area contributed by atoms with E-state index in [1.165, 1.54) is 12.1 Å². The highest BCUT2D eigenvalue weighted by Crippen LogP contribution is 2.19. The van der Waals surface area contributed by atoms with Crippen molar-refractivity contribution < 1.29 is 19.1 Å². The summed E-state index contributed by atoms with van der Waals surface area (Å²) < 4.78 is 13.2. The van der Waals surface area contributed by atoms with Crippen LogP contribution in [0.4, 0.5) is 4.39 Å². The van der Waals surface area contributed by atoms with Crippen molar-refractivity contribution in [2.75, 3.05) is 0 Å². The maximum atomic E-state index is 13.2. The number of carbonyl (C=O) groups is 2. The molecule has 1 unspecified atom stereocenters. The van der Waals surface area contributed by atoms with Crippen molar-refractivity contribution in [3.8, 4) is 0 Å². The zero-order valence-corrected chi connectivity index (χ0v) is 15.9. The zero-order chi connectivity index (χ0) is 20.8. The van der Waals surface area contributed by atoms with Gasteiger partial charge in [-0.1, -0.05) is 30.3 Å². The van der Waals surface area contributed by atoms with Crippen molar-refractivity contribution in [3.63, 3.8) is 0 Å². The number of hydrogen-bond donors (Lipinski definition) is 4. The van der Waals surface area contributed by atoms with Crippen molar-refractivity contribution >= 4 is 22.8 Å². The van der Waals surface area contributed by atoms with Gasteiger partial charge in [0.15, 0.2) is 0 Å². The number of benzene rings is 2. The van der Waals surface area contributed by atoms with Gasteiger partial charge in [-0.15, -0.1) is 0 Å². The van der Waals surface area contributed by atoms with Gasteiger partial charge in [0.2, 0.25) is 5.91 Å². The lowest BCUT2D eigenvalue weighted by molar-refractivity contribution is -0.142. The number of aromatic nitrogens is 1. The molecular formula is C22H24FN3O3. The van der Waals surface area contributed by atoms with Gasteiger partial charge in [-0.3, -0.25) is 4.79 Å². The van der Waals surface area contributed by atoms with Gasteiger partial charge in [0.1, 0.15) is 11.9 Å². The number of nitrogens with two attached hydrogens (primary N) is 1. The molecule has 0 fully saturated rings. The Morgan fingerprint density at radius 2 is 1.97 bits per heavy atom. The van der Waals surface area contributed by atoms with Crippen molar-refractivity contribution in [2.24, 2.45) is 5.73 Å². The smallest absolute Gasteiger partial charge is 0.326 e. The highest BCUT2D eigenvalue weighted by atomic mass is 19.1. The molecule has 0 saturated heterocycles. The number of para-hydroxylation sites is 1. The molecule has 0 aliphatic rings. The van der Waals surface area contributed by atoms with Crippen LogP contribution in [0.5, 0.6) is 0 Å². The summed E-state index contributed by atoms with van der Waals surface area (Å²) in [6, 6.07) is 12.0. The van der Waals surface area contributed by atoms with E-state index in [0.29, 0.717) is 19.3 Å². The fraction of sp³-hybridized carbons (Fsp3) is 0.273. The van der Waals surface area contributed by atoms with Crippen LogP contribution in [0, 0.1) is 5.82 Å². The van der Waals surface area contributed by atoms with E-state index in [4.69, 9.17) is 5.73 Å². The molecule has 0 bridgehead atoms. The number of amides is 1. The minimum atomic E-state index is -1.11. The Morgan fingerprint density at radius 3 is 2.72 bits per heavy atom. The van der Waals surface area contributed by atoms with Crippen LogP contribution in [0.1, 0.15) is 24.0 Å². The molecule has 29 heavy (non-hydrogen) atoms. The topological polar surface area (TPSA) is 108 Å². The second-order valence-electron chi connectivity index (χ2n) is 7.09. The third-order valence-electron chi connectivity index (χ3n) is 4.91. The number of halogens is 1. The highest BCUT2D eigenvalue weighted by molar-refractivity contribution is 5.88. The Morgan fingerprint density at radius 1 is 1.17 bits per heavy atom. The van der Waals surface area contributed by atoms with Crippen LogP contribution in [-0.2, 0) is 22.4 Å². The number of rotatable bonds is 9. The van der Waals surface area contributed by atoms with Gasteiger partial charge in [0.05, 0.1) is 6.04 Å². The van der Waals surface area contributed by atoms with Crippen LogP contribution >= 0.6 is 0 Å². The fourth-order valence-electron chi connectivity index (χ4n) is 3.37. The van der Waals surface area contributed by atoms with Crippen molar-refractivity contribution in [1.82, 2.24) is 10.3 Å². The quantitative estimate of drug-likeness (QED) is 0.445. The molecule has 2 atom stereocenters. The number of H-pyrrole nitrogens is 1. The predicted octanol–water partition coefficient (Wildman–Crippen LogP) is 2.77. The van der Waals surface area contributed by atoms with Crippen LogP contribution in [0.15, 0.2) is 54.7 Å². The van der Waals surface area contributed by atoms with Crippen molar-refractivity contribution in [1.29, 1.82) is 0 Å². The molecule has 6 nitrogen and oxygen atoms in total. The molecule has 0 radical (unpaired) electrons. The number of aliphatic carboxylic acids is 1. The number of nitrogens with one attached hydrogen (secondary N) is 2. The summed E-state index contributed by atoms with van der Waals surface area (Å²) in [6.07, 6.45) is 3.37.